The maximum Gasteiger partial charge on any atom is 0.191 e. The Balaban J connectivity index is 1.68. The van der Waals surface area contributed by atoms with Gasteiger partial charge < -0.3 is 15.4 Å². The van der Waals surface area contributed by atoms with Gasteiger partial charge in [0.2, 0.25) is 0 Å². The minimum absolute atomic E-state index is 0.254. The summed E-state index contributed by atoms with van der Waals surface area (Å²) in [5.41, 5.74) is 1.27. The first-order chi connectivity index (χ1) is 11.8. The first-order valence-electron chi connectivity index (χ1n) is 8.58. The molecule has 0 bridgehead atoms. The smallest absolute Gasteiger partial charge is 0.191 e. The lowest BCUT2D eigenvalue weighted by Crippen LogP contribution is -2.39. The van der Waals surface area contributed by atoms with Crippen molar-refractivity contribution in [2.24, 2.45) is 4.99 Å². The SMILES string of the molecule is CCNC(=NCC1CCOc2ccccc21)NC(C)c1cccs1. The molecule has 1 aromatic carbocycles. The summed E-state index contributed by atoms with van der Waals surface area (Å²) in [5, 5.41) is 8.96. The number of fused-ring (bicyclic) bond motifs is 1. The molecule has 0 saturated heterocycles. The number of hydrogen-bond donors (Lipinski definition) is 2. The van der Waals surface area contributed by atoms with E-state index < -0.39 is 0 Å². The molecular weight excluding hydrogens is 318 g/mol. The molecule has 0 fully saturated rings. The van der Waals surface area contributed by atoms with Crippen molar-refractivity contribution in [2.75, 3.05) is 19.7 Å². The molecule has 1 aromatic heterocycles. The highest BCUT2D eigenvalue weighted by molar-refractivity contribution is 7.10. The molecule has 2 unspecified atom stereocenters. The lowest BCUT2D eigenvalue weighted by molar-refractivity contribution is 0.269. The Hall–Kier alpha value is -2.01. The molecule has 2 atom stereocenters. The van der Waals surface area contributed by atoms with Gasteiger partial charge >= 0.3 is 0 Å². The second-order valence-electron chi connectivity index (χ2n) is 5.97. The Labute approximate surface area is 148 Å². The van der Waals surface area contributed by atoms with Crippen molar-refractivity contribution in [3.63, 3.8) is 0 Å². The largest absolute Gasteiger partial charge is 0.493 e. The van der Waals surface area contributed by atoms with Crippen molar-refractivity contribution < 1.29 is 4.74 Å². The molecule has 1 aliphatic rings. The van der Waals surface area contributed by atoms with Gasteiger partial charge in [-0.25, -0.2) is 0 Å². The van der Waals surface area contributed by atoms with Gasteiger partial charge in [-0.05, 0) is 43.3 Å². The van der Waals surface area contributed by atoms with Crippen LogP contribution in [0, 0.1) is 0 Å². The molecule has 5 heteroatoms. The molecule has 128 valence electrons. The minimum Gasteiger partial charge on any atom is -0.493 e. The van der Waals surface area contributed by atoms with Gasteiger partial charge in [0.05, 0.1) is 12.6 Å². The Morgan fingerprint density at radius 1 is 1.33 bits per heavy atom. The molecule has 0 radical (unpaired) electrons. The van der Waals surface area contributed by atoms with Gasteiger partial charge in [0, 0.05) is 23.9 Å². The number of thiophene rings is 1. The molecule has 0 spiro atoms. The highest BCUT2D eigenvalue weighted by atomic mass is 32.1. The number of nitrogens with one attached hydrogen (secondary N) is 2. The molecule has 1 aliphatic heterocycles. The number of ether oxygens (including phenoxy) is 1. The predicted molar refractivity (Wildman–Crippen MR) is 101 cm³/mol. The number of benzene rings is 1. The van der Waals surface area contributed by atoms with Crippen molar-refractivity contribution in [2.45, 2.75) is 32.2 Å². The molecule has 3 rings (SSSR count). The standard InChI is InChI=1S/C19H25N3OS/c1-3-20-19(22-14(2)18-9-6-12-24-18)21-13-15-10-11-23-17-8-5-4-7-16(15)17/h4-9,12,14-15H,3,10-11,13H2,1-2H3,(H2,20,21,22). The Bertz CT molecular complexity index is 669. The second kappa shape index (κ2) is 8.20. The van der Waals surface area contributed by atoms with Gasteiger partial charge in [0.15, 0.2) is 5.96 Å². The topological polar surface area (TPSA) is 45.7 Å². The van der Waals surface area contributed by atoms with Gasteiger partial charge in [0.25, 0.3) is 0 Å². The van der Waals surface area contributed by atoms with E-state index in [1.807, 2.05) is 12.1 Å². The number of guanidine groups is 1. The highest BCUT2D eigenvalue weighted by Gasteiger charge is 2.21. The third-order valence-electron chi connectivity index (χ3n) is 4.22. The van der Waals surface area contributed by atoms with Gasteiger partial charge in [-0.3, -0.25) is 4.99 Å². The van der Waals surface area contributed by atoms with E-state index >= 15 is 0 Å². The monoisotopic (exact) mass is 343 g/mol. The maximum absolute atomic E-state index is 5.74. The number of rotatable bonds is 5. The van der Waals surface area contributed by atoms with Crippen LogP contribution in [0.25, 0.3) is 0 Å². The van der Waals surface area contributed by atoms with Crippen molar-refractivity contribution >= 4 is 17.3 Å². The summed E-state index contributed by atoms with van der Waals surface area (Å²) < 4.78 is 5.74. The summed E-state index contributed by atoms with van der Waals surface area (Å²) in [6.45, 7) is 6.66. The van der Waals surface area contributed by atoms with Crippen LogP contribution < -0.4 is 15.4 Å². The fourth-order valence-corrected chi connectivity index (χ4v) is 3.68. The first kappa shape index (κ1) is 16.8. The molecule has 0 aliphatic carbocycles. The molecule has 0 saturated carbocycles. The van der Waals surface area contributed by atoms with E-state index in [0.717, 1.165) is 37.8 Å². The van der Waals surface area contributed by atoms with E-state index in [-0.39, 0.29) is 6.04 Å². The summed E-state index contributed by atoms with van der Waals surface area (Å²) in [7, 11) is 0. The fraction of sp³-hybridized carbons (Fsp3) is 0.421. The van der Waals surface area contributed by atoms with Gasteiger partial charge in [-0.1, -0.05) is 24.3 Å². The number of nitrogens with zero attached hydrogens (tertiary/aromatic N) is 1. The molecule has 2 heterocycles. The molecule has 2 N–H and O–H groups in total. The third-order valence-corrected chi connectivity index (χ3v) is 5.27. The molecule has 0 amide bonds. The lowest BCUT2D eigenvalue weighted by Gasteiger charge is -2.25. The average molecular weight is 343 g/mol. The van der Waals surface area contributed by atoms with Gasteiger partial charge in [-0.2, -0.15) is 0 Å². The zero-order valence-corrected chi connectivity index (χ0v) is 15.1. The number of para-hydroxylation sites is 1. The second-order valence-corrected chi connectivity index (χ2v) is 6.95. The summed E-state index contributed by atoms with van der Waals surface area (Å²) in [6.07, 6.45) is 1.01. The molecule has 2 aromatic rings. The zero-order valence-electron chi connectivity index (χ0n) is 14.3. The van der Waals surface area contributed by atoms with Gasteiger partial charge in [-0.15, -0.1) is 11.3 Å². The van der Waals surface area contributed by atoms with E-state index in [9.17, 15) is 0 Å². The van der Waals surface area contributed by atoms with Crippen LogP contribution in [0.2, 0.25) is 0 Å². The lowest BCUT2D eigenvalue weighted by atomic mass is 9.93. The van der Waals surface area contributed by atoms with Crippen LogP contribution in [-0.2, 0) is 0 Å². The van der Waals surface area contributed by atoms with E-state index in [0.29, 0.717) is 5.92 Å². The summed E-state index contributed by atoms with van der Waals surface area (Å²) in [4.78, 5) is 6.15. The summed E-state index contributed by atoms with van der Waals surface area (Å²) in [5.74, 6) is 2.30. The normalized spacial score (nSPS) is 18.4. The van der Waals surface area contributed by atoms with E-state index in [2.05, 4.69) is 54.1 Å². The van der Waals surface area contributed by atoms with Crippen LogP contribution in [0.5, 0.6) is 5.75 Å². The van der Waals surface area contributed by atoms with E-state index in [4.69, 9.17) is 9.73 Å². The Morgan fingerprint density at radius 3 is 3.00 bits per heavy atom. The van der Waals surface area contributed by atoms with Crippen molar-refractivity contribution in [1.82, 2.24) is 10.6 Å². The van der Waals surface area contributed by atoms with Crippen molar-refractivity contribution in [1.29, 1.82) is 0 Å². The predicted octanol–water partition coefficient (Wildman–Crippen LogP) is 3.93. The summed E-state index contributed by atoms with van der Waals surface area (Å²) in [6, 6.07) is 12.8. The first-order valence-corrected chi connectivity index (χ1v) is 9.46. The quantitative estimate of drug-likeness (QED) is 0.639. The van der Waals surface area contributed by atoms with Gasteiger partial charge in [0.1, 0.15) is 5.75 Å². The molecular formula is C19H25N3OS. The van der Waals surface area contributed by atoms with Crippen molar-refractivity contribution in [3.8, 4) is 5.75 Å². The molecule has 24 heavy (non-hydrogen) atoms. The minimum atomic E-state index is 0.254. The highest BCUT2D eigenvalue weighted by Crippen LogP contribution is 2.33. The maximum atomic E-state index is 5.74. The Kier molecular flexibility index (Phi) is 5.75. The fourth-order valence-electron chi connectivity index (χ4n) is 2.94. The number of hydrogen-bond acceptors (Lipinski definition) is 3. The Morgan fingerprint density at radius 2 is 2.21 bits per heavy atom. The van der Waals surface area contributed by atoms with E-state index in [1.165, 1.54) is 10.4 Å². The van der Waals surface area contributed by atoms with Crippen LogP contribution in [0.4, 0.5) is 0 Å². The molecule has 4 nitrogen and oxygen atoms in total. The van der Waals surface area contributed by atoms with Crippen LogP contribution in [-0.4, -0.2) is 25.7 Å². The van der Waals surface area contributed by atoms with Crippen LogP contribution >= 0.6 is 11.3 Å². The zero-order chi connectivity index (χ0) is 16.8. The van der Waals surface area contributed by atoms with Crippen LogP contribution in [0.1, 0.15) is 42.7 Å². The average Bonchev–Trinajstić information content (AvgIpc) is 3.14. The van der Waals surface area contributed by atoms with Crippen LogP contribution in [0.3, 0.4) is 0 Å². The van der Waals surface area contributed by atoms with Crippen molar-refractivity contribution in [3.05, 3.63) is 52.2 Å². The summed E-state index contributed by atoms with van der Waals surface area (Å²) >= 11 is 1.77. The van der Waals surface area contributed by atoms with E-state index in [1.54, 1.807) is 11.3 Å². The number of aliphatic imine (C=N–C) groups is 1. The van der Waals surface area contributed by atoms with Crippen LogP contribution in [0.15, 0.2) is 46.8 Å². The third kappa shape index (κ3) is 4.09.